The van der Waals surface area contributed by atoms with Crippen molar-refractivity contribution in [3.63, 3.8) is 0 Å². The highest BCUT2D eigenvalue weighted by Crippen LogP contribution is 2.44. The van der Waals surface area contributed by atoms with Crippen molar-refractivity contribution < 1.29 is 0 Å². The Balaban J connectivity index is 1.15. The number of para-hydroxylation sites is 3. The van der Waals surface area contributed by atoms with E-state index in [0.29, 0.717) is 0 Å². The molecule has 0 saturated carbocycles. The Hall–Kier alpha value is -7.42. The van der Waals surface area contributed by atoms with Crippen molar-refractivity contribution in [2.45, 2.75) is 0 Å². The number of hydrogen-bond acceptors (Lipinski definition) is 1. The minimum Gasteiger partial charge on any atom is -0.310 e. The van der Waals surface area contributed by atoms with Crippen LogP contribution in [0.1, 0.15) is 0 Å². The zero-order valence-electron chi connectivity index (χ0n) is 30.8. The molecule has 1 heterocycles. The quantitative estimate of drug-likeness (QED) is 0.152. The first-order valence-corrected chi connectivity index (χ1v) is 19.2. The lowest BCUT2D eigenvalue weighted by molar-refractivity contribution is 1.18. The molecule has 1 aromatic heterocycles. The maximum atomic E-state index is 2.41. The third kappa shape index (κ3) is 6.04. The van der Waals surface area contributed by atoms with Crippen LogP contribution in [0, 0.1) is 0 Å². The molecule has 0 radical (unpaired) electrons. The summed E-state index contributed by atoms with van der Waals surface area (Å²) in [7, 11) is 0. The summed E-state index contributed by atoms with van der Waals surface area (Å²) in [6.45, 7) is 0. The second kappa shape index (κ2) is 14.4. The number of fused-ring (bicyclic) bond motifs is 3. The van der Waals surface area contributed by atoms with Gasteiger partial charge in [-0.05, 0) is 99.6 Å². The highest BCUT2D eigenvalue weighted by Gasteiger charge is 2.20. The number of anilines is 3. The Kier molecular flexibility index (Phi) is 8.55. The molecule has 10 rings (SSSR count). The molecular formula is C54H38N2. The zero-order chi connectivity index (χ0) is 37.3. The fourth-order valence-corrected chi connectivity index (χ4v) is 8.22. The van der Waals surface area contributed by atoms with Crippen LogP contribution in [0.25, 0.3) is 72.0 Å². The average molecular weight is 715 g/mol. The van der Waals surface area contributed by atoms with Gasteiger partial charge in [0.05, 0.1) is 16.7 Å². The number of nitrogens with zero attached hydrogens (tertiary/aromatic N) is 2. The first kappa shape index (κ1) is 33.2. The average Bonchev–Trinajstić information content (AvgIpc) is 3.63. The summed E-state index contributed by atoms with van der Waals surface area (Å²) in [5.74, 6) is 0. The molecule has 2 heteroatoms. The lowest BCUT2D eigenvalue weighted by atomic mass is 9.94. The van der Waals surface area contributed by atoms with Gasteiger partial charge in [-0.15, -0.1) is 0 Å². The second-order valence-electron chi connectivity index (χ2n) is 14.2. The van der Waals surface area contributed by atoms with Gasteiger partial charge in [0.15, 0.2) is 0 Å². The summed E-state index contributed by atoms with van der Waals surface area (Å²) < 4.78 is 2.39. The summed E-state index contributed by atoms with van der Waals surface area (Å²) in [4.78, 5) is 2.41. The summed E-state index contributed by atoms with van der Waals surface area (Å²) in [6, 6.07) is 83.1. The van der Waals surface area contributed by atoms with Gasteiger partial charge in [-0.1, -0.05) is 170 Å². The predicted molar refractivity (Wildman–Crippen MR) is 237 cm³/mol. The minimum atomic E-state index is 1.10. The molecule has 0 spiro atoms. The van der Waals surface area contributed by atoms with Crippen LogP contribution in [0.4, 0.5) is 17.1 Å². The van der Waals surface area contributed by atoms with Gasteiger partial charge in [0, 0.05) is 33.4 Å². The smallest absolute Gasteiger partial charge is 0.0547 e. The summed E-state index contributed by atoms with van der Waals surface area (Å²) >= 11 is 0. The number of rotatable bonds is 8. The Morgan fingerprint density at radius 2 is 0.768 bits per heavy atom. The van der Waals surface area contributed by atoms with Crippen LogP contribution in [0.15, 0.2) is 231 Å². The molecule has 0 bridgehead atoms. The SMILES string of the molecule is c1ccc(-c2cccc(N(c3cccc(-c4ccccc4)c3)c3ccccc3-c3cccc(-c4cccc5c4c4ccccc4n5-c4ccccc4)c3)c2)cc1. The van der Waals surface area contributed by atoms with Gasteiger partial charge in [0.1, 0.15) is 0 Å². The van der Waals surface area contributed by atoms with Crippen LogP contribution in [-0.4, -0.2) is 4.57 Å². The van der Waals surface area contributed by atoms with E-state index in [9.17, 15) is 0 Å². The van der Waals surface area contributed by atoms with Gasteiger partial charge in [0.25, 0.3) is 0 Å². The summed E-state index contributed by atoms with van der Waals surface area (Å²) in [5, 5.41) is 2.50. The van der Waals surface area contributed by atoms with Gasteiger partial charge in [-0.3, -0.25) is 0 Å². The molecular weight excluding hydrogens is 677 g/mol. The van der Waals surface area contributed by atoms with Crippen molar-refractivity contribution in [2.75, 3.05) is 4.90 Å². The van der Waals surface area contributed by atoms with Crippen LogP contribution in [-0.2, 0) is 0 Å². The van der Waals surface area contributed by atoms with E-state index in [2.05, 4.69) is 240 Å². The molecule has 0 aliphatic carbocycles. The molecule has 0 aliphatic heterocycles. The molecule has 2 nitrogen and oxygen atoms in total. The van der Waals surface area contributed by atoms with Crippen LogP contribution < -0.4 is 4.90 Å². The fourth-order valence-electron chi connectivity index (χ4n) is 8.22. The third-order valence-corrected chi connectivity index (χ3v) is 10.8. The van der Waals surface area contributed by atoms with E-state index in [1.165, 1.54) is 55.2 Å². The first-order valence-electron chi connectivity index (χ1n) is 19.2. The summed E-state index contributed by atoms with van der Waals surface area (Å²) in [6.07, 6.45) is 0. The first-order chi connectivity index (χ1) is 27.8. The van der Waals surface area contributed by atoms with Gasteiger partial charge in [0.2, 0.25) is 0 Å². The van der Waals surface area contributed by atoms with Crippen LogP contribution >= 0.6 is 0 Å². The highest BCUT2D eigenvalue weighted by molar-refractivity contribution is 6.16. The van der Waals surface area contributed by atoms with Crippen molar-refractivity contribution in [1.29, 1.82) is 0 Å². The number of benzene rings is 9. The van der Waals surface area contributed by atoms with E-state index in [1.54, 1.807) is 0 Å². The predicted octanol–water partition coefficient (Wildman–Crippen LogP) is 14.9. The van der Waals surface area contributed by atoms with E-state index in [0.717, 1.165) is 33.9 Å². The second-order valence-corrected chi connectivity index (χ2v) is 14.2. The fraction of sp³-hybridized carbons (Fsp3) is 0. The standard InChI is InChI=1S/C54H38N2/c1-4-18-39(19-5-1)41-22-15-28-46(37-41)55(47-29-16-23-42(38-47)40-20-6-2-7-21-40)51-33-12-10-30-48(51)43-24-14-25-44(36-43)49-32-17-35-53-54(49)50-31-11-13-34-52(50)56(53)45-26-8-3-9-27-45/h1-38H. The molecule has 0 amide bonds. The van der Waals surface area contributed by atoms with Gasteiger partial charge in [-0.2, -0.15) is 0 Å². The Labute approximate surface area is 327 Å². The van der Waals surface area contributed by atoms with Crippen molar-refractivity contribution in [3.8, 4) is 50.2 Å². The molecule has 0 N–H and O–H groups in total. The molecule has 264 valence electrons. The number of aromatic nitrogens is 1. The molecule has 0 fully saturated rings. The van der Waals surface area contributed by atoms with E-state index in [-0.39, 0.29) is 0 Å². The molecule has 0 saturated heterocycles. The van der Waals surface area contributed by atoms with E-state index >= 15 is 0 Å². The summed E-state index contributed by atoms with van der Waals surface area (Å²) in [5.41, 5.74) is 16.3. The third-order valence-electron chi connectivity index (χ3n) is 10.8. The normalized spacial score (nSPS) is 11.2. The molecule has 0 unspecified atom stereocenters. The van der Waals surface area contributed by atoms with E-state index in [4.69, 9.17) is 0 Å². The molecule has 56 heavy (non-hydrogen) atoms. The van der Waals surface area contributed by atoms with Gasteiger partial charge in [-0.25, -0.2) is 0 Å². The van der Waals surface area contributed by atoms with Crippen molar-refractivity contribution in [1.82, 2.24) is 4.57 Å². The van der Waals surface area contributed by atoms with Crippen molar-refractivity contribution >= 4 is 38.9 Å². The molecule has 9 aromatic carbocycles. The monoisotopic (exact) mass is 714 g/mol. The van der Waals surface area contributed by atoms with Gasteiger partial charge >= 0.3 is 0 Å². The lowest BCUT2D eigenvalue weighted by Crippen LogP contribution is -2.11. The van der Waals surface area contributed by atoms with Gasteiger partial charge < -0.3 is 9.47 Å². The maximum Gasteiger partial charge on any atom is 0.0547 e. The zero-order valence-corrected chi connectivity index (χ0v) is 30.8. The number of hydrogen-bond donors (Lipinski definition) is 0. The molecule has 0 aliphatic rings. The lowest BCUT2D eigenvalue weighted by Gasteiger charge is -2.29. The highest BCUT2D eigenvalue weighted by atomic mass is 15.1. The minimum absolute atomic E-state index is 1.10. The Morgan fingerprint density at radius 3 is 1.45 bits per heavy atom. The van der Waals surface area contributed by atoms with Crippen LogP contribution in [0.5, 0.6) is 0 Å². The topological polar surface area (TPSA) is 8.17 Å². The molecule has 10 aromatic rings. The Morgan fingerprint density at radius 1 is 0.304 bits per heavy atom. The van der Waals surface area contributed by atoms with E-state index < -0.39 is 0 Å². The van der Waals surface area contributed by atoms with Crippen LogP contribution in [0.3, 0.4) is 0 Å². The Bertz CT molecular complexity index is 2880. The van der Waals surface area contributed by atoms with Crippen molar-refractivity contribution in [3.05, 3.63) is 231 Å². The van der Waals surface area contributed by atoms with E-state index in [1.807, 2.05) is 0 Å². The van der Waals surface area contributed by atoms with Crippen LogP contribution in [0.2, 0.25) is 0 Å². The molecule has 0 atom stereocenters. The van der Waals surface area contributed by atoms with Crippen molar-refractivity contribution in [2.24, 2.45) is 0 Å². The largest absolute Gasteiger partial charge is 0.310 e. The maximum absolute atomic E-state index is 2.41.